The lowest BCUT2D eigenvalue weighted by molar-refractivity contribution is -0.151. The summed E-state index contributed by atoms with van der Waals surface area (Å²) in [5.41, 5.74) is -0.402. The van der Waals surface area contributed by atoms with Crippen molar-refractivity contribution in [1.29, 1.82) is 0 Å². The van der Waals surface area contributed by atoms with Gasteiger partial charge in [0.25, 0.3) is 0 Å². The van der Waals surface area contributed by atoms with E-state index in [0.29, 0.717) is 30.5 Å². The second kappa shape index (κ2) is 7.05. The number of aromatic nitrogens is 1. The van der Waals surface area contributed by atoms with Crippen LogP contribution in [-0.4, -0.2) is 52.4 Å². The third kappa shape index (κ3) is 4.43. The molecule has 2 aliphatic rings. The van der Waals surface area contributed by atoms with Crippen LogP contribution in [0.5, 0.6) is 0 Å². The van der Waals surface area contributed by atoms with Crippen LogP contribution in [0.15, 0.2) is 22.9 Å². The molecule has 1 aromatic rings. The number of rotatable bonds is 4. The summed E-state index contributed by atoms with van der Waals surface area (Å²) >= 11 is 3.32. The van der Waals surface area contributed by atoms with Crippen molar-refractivity contribution in [3.05, 3.63) is 28.5 Å². The van der Waals surface area contributed by atoms with Gasteiger partial charge in [-0.2, -0.15) is 0 Å². The number of carbonyl (C=O) groups excluding carboxylic acids is 1. The Morgan fingerprint density at radius 3 is 2.56 bits per heavy atom. The summed E-state index contributed by atoms with van der Waals surface area (Å²) in [4.78, 5) is 29.3. The molecule has 3 rings (SSSR count). The van der Waals surface area contributed by atoms with Gasteiger partial charge >= 0.3 is 12.1 Å². The van der Waals surface area contributed by atoms with Gasteiger partial charge in [-0.3, -0.25) is 0 Å². The fourth-order valence-electron chi connectivity index (χ4n) is 4.04. The van der Waals surface area contributed by atoms with Crippen LogP contribution in [0.2, 0.25) is 0 Å². The molecule has 1 aliphatic carbocycles. The van der Waals surface area contributed by atoms with Gasteiger partial charge in [-0.25, -0.2) is 14.6 Å². The van der Waals surface area contributed by atoms with E-state index in [9.17, 15) is 9.59 Å². The van der Waals surface area contributed by atoms with Crippen molar-refractivity contribution in [2.45, 2.75) is 51.2 Å². The van der Waals surface area contributed by atoms with Crippen molar-refractivity contribution in [2.24, 2.45) is 5.41 Å². The highest BCUT2D eigenvalue weighted by Gasteiger charge is 2.57. The third-order valence-corrected chi connectivity index (χ3v) is 5.62. The SMILES string of the molecule is CC(C)(C)OC(=O)N1CC2(CCC(OCC(=O)O)(c3ccc(Br)nc3)C2)C1. The molecular formula is C19H25BrN2O5. The summed E-state index contributed by atoms with van der Waals surface area (Å²) in [6, 6.07) is 3.75. The molecule has 1 saturated heterocycles. The second-order valence-electron chi connectivity index (χ2n) is 8.56. The third-order valence-electron chi connectivity index (χ3n) is 5.15. The Kier molecular flexibility index (Phi) is 5.24. The molecule has 1 N–H and O–H groups in total. The first kappa shape index (κ1) is 20.1. The van der Waals surface area contributed by atoms with Gasteiger partial charge in [0, 0.05) is 30.3 Å². The van der Waals surface area contributed by atoms with E-state index in [2.05, 4.69) is 20.9 Å². The summed E-state index contributed by atoms with van der Waals surface area (Å²) in [5.74, 6) is -0.996. The summed E-state index contributed by atoms with van der Waals surface area (Å²) < 4.78 is 12.0. The lowest BCUT2D eigenvalue weighted by Crippen LogP contribution is -2.58. The smallest absolute Gasteiger partial charge is 0.410 e. The molecule has 0 aromatic carbocycles. The molecule has 1 atom stereocenters. The number of ether oxygens (including phenoxy) is 2. The number of carbonyl (C=O) groups is 2. The zero-order valence-corrected chi connectivity index (χ0v) is 17.4. The molecular weight excluding hydrogens is 416 g/mol. The van der Waals surface area contributed by atoms with Crippen LogP contribution in [0.25, 0.3) is 0 Å². The summed E-state index contributed by atoms with van der Waals surface area (Å²) in [7, 11) is 0. The number of aliphatic carboxylic acids is 1. The van der Waals surface area contributed by atoms with Crippen molar-refractivity contribution in [3.63, 3.8) is 0 Å². The van der Waals surface area contributed by atoms with Gasteiger partial charge < -0.3 is 19.5 Å². The van der Waals surface area contributed by atoms with E-state index in [1.54, 1.807) is 11.1 Å². The molecule has 1 aliphatic heterocycles. The normalized spacial score (nSPS) is 23.9. The van der Waals surface area contributed by atoms with E-state index >= 15 is 0 Å². The minimum Gasteiger partial charge on any atom is -0.480 e. The Hall–Kier alpha value is -1.67. The van der Waals surface area contributed by atoms with Gasteiger partial charge in [0.15, 0.2) is 0 Å². The summed E-state index contributed by atoms with van der Waals surface area (Å²) in [5, 5.41) is 9.09. The van der Waals surface area contributed by atoms with Crippen LogP contribution in [0.1, 0.15) is 45.6 Å². The molecule has 7 nitrogen and oxygen atoms in total. The molecule has 2 fully saturated rings. The highest BCUT2D eigenvalue weighted by Crippen LogP contribution is 2.55. The Morgan fingerprint density at radius 1 is 1.30 bits per heavy atom. The molecule has 1 amide bonds. The molecule has 8 heteroatoms. The van der Waals surface area contributed by atoms with Crippen molar-refractivity contribution in [1.82, 2.24) is 9.88 Å². The molecule has 0 bridgehead atoms. The number of nitrogens with zero attached hydrogens (tertiary/aromatic N) is 2. The average molecular weight is 441 g/mol. The van der Waals surface area contributed by atoms with Gasteiger partial charge in [0.05, 0.1) is 5.60 Å². The Labute approximate surface area is 167 Å². The van der Waals surface area contributed by atoms with Crippen LogP contribution < -0.4 is 0 Å². The largest absolute Gasteiger partial charge is 0.480 e. The maximum atomic E-state index is 12.2. The van der Waals surface area contributed by atoms with Gasteiger partial charge in [-0.05, 0) is 62.0 Å². The van der Waals surface area contributed by atoms with Crippen molar-refractivity contribution >= 4 is 28.0 Å². The molecule has 1 aromatic heterocycles. The van der Waals surface area contributed by atoms with E-state index < -0.39 is 17.2 Å². The minimum atomic E-state index is -0.996. The Bertz CT molecular complexity index is 725. The van der Waals surface area contributed by atoms with Crippen LogP contribution >= 0.6 is 15.9 Å². The van der Waals surface area contributed by atoms with Crippen molar-refractivity contribution in [3.8, 4) is 0 Å². The molecule has 27 heavy (non-hydrogen) atoms. The van der Waals surface area contributed by atoms with Gasteiger partial charge in [-0.1, -0.05) is 6.07 Å². The maximum absolute atomic E-state index is 12.2. The van der Waals surface area contributed by atoms with Crippen LogP contribution in [0.3, 0.4) is 0 Å². The van der Waals surface area contributed by atoms with Crippen LogP contribution in [-0.2, 0) is 19.9 Å². The van der Waals surface area contributed by atoms with E-state index in [-0.39, 0.29) is 18.1 Å². The quantitative estimate of drug-likeness (QED) is 0.719. The molecule has 1 saturated carbocycles. The fraction of sp³-hybridized carbons (Fsp3) is 0.632. The Morgan fingerprint density at radius 2 is 2.00 bits per heavy atom. The number of hydrogen-bond acceptors (Lipinski definition) is 5. The number of pyridine rings is 1. The van der Waals surface area contributed by atoms with E-state index in [4.69, 9.17) is 14.6 Å². The number of halogens is 1. The predicted molar refractivity (Wildman–Crippen MR) is 101 cm³/mol. The molecule has 1 spiro atoms. The van der Waals surface area contributed by atoms with Crippen LogP contribution in [0.4, 0.5) is 4.79 Å². The highest BCUT2D eigenvalue weighted by molar-refractivity contribution is 9.10. The highest BCUT2D eigenvalue weighted by atomic mass is 79.9. The molecule has 148 valence electrons. The average Bonchev–Trinajstić information content (AvgIpc) is 2.92. The van der Waals surface area contributed by atoms with Crippen molar-refractivity contribution < 1.29 is 24.2 Å². The van der Waals surface area contributed by atoms with E-state index in [1.165, 1.54) is 0 Å². The first-order valence-electron chi connectivity index (χ1n) is 8.98. The second-order valence-corrected chi connectivity index (χ2v) is 9.37. The van der Waals surface area contributed by atoms with E-state index in [0.717, 1.165) is 12.0 Å². The fourth-order valence-corrected chi connectivity index (χ4v) is 4.27. The predicted octanol–water partition coefficient (Wildman–Crippen LogP) is 3.56. The number of amides is 1. The first-order chi connectivity index (χ1) is 12.5. The van der Waals surface area contributed by atoms with Gasteiger partial charge in [0.1, 0.15) is 16.8 Å². The van der Waals surface area contributed by atoms with Crippen molar-refractivity contribution in [2.75, 3.05) is 19.7 Å². The summed E-state index contributed by atoms with van der Waals surface area (Å²) in [6.45, 7) is 6.39. The maximum Gasteiger partial charge on any atom is 0.410 e. The van der Waals surface area contributed by atoms with Gasteiger partial charge in [-0.15, -0.1) is 0 Å². The zero-order chi connectivity index (χ0) is 19.9. The summed E-state index contributed by atoms with van der Waals surface area (Å²) in [6.07, 6.45) is 3.65. The molecule has 1 unspecified atom stereocenters. The lowest BCUT2D eigenvalue weighted by atomic mass is 9.76. The standard InChI is InChI=1S/C19H25BrN2O5/c1-17(2,3)27-16(25)22-11-18(12-22)6-7-19(10-18,26-9-15(23)24)13-4-5-14(20)21-8-13/h4-5,8H,6-7,9-12H2,1-3H3,(H,23,24). The minimum absolute atomic E-state index is 0.0670. The lowest BCUT2D eigenvalue weighted by Gasteiger charge is -2.49. The Balaban J connectivity index is 1.72. The molecule has 2 heterocycles. The van der Waals surface area contributed by atoms with Crippen LogP contribution in [0, 0.1) is 5.41 Å². The van der Waals surface area contributed by atoms with Gasteiger partial charge in [0.2, 0.25) is 0 Å². The topological polar surface area (TPSA) is 89.0 Å². The number of hydrogen-bond donors (Lipinski definition) is 1. The zero-order valence-electron chi connectivity index (χ0n) is 15.8. The number of carboxylic acid groups (broad SMARTS) is 1. The molecule has 0 radical (unpaired) electrons. The first-order valence-corrected chi connectivity index (χ1v) is 9.78. The number of likely N-dealkylation sites (tertiary alicyclic amines) is 1. The van der Waals surface area contributed by atoms with E-state index in [1.807, 2.05) is 32.9 Å². The monoisotopic (exact) mass is 440 g/mol. The number of carboxylic acids is 1.